The largest absolute Gasteiger partial charge is 0.342 e. The molecular formula is C24H22ClF2N7O. The van der Waals surface area contributed by atoms with Crippen LogP contribution in [0.2, 0.25) is 5.02 Å². The summed E-state index contributed by atoms with van der Waals surface area (Å²) in [6.07, 6.45) is 3.46. The first-order valence-electron chi connectivity index (χ1n) is 11.0. The minimum absolute atomic E-state index is 0.0379. The molecule has 0 aliphatic carbocycles. The molecule has 4 aromatic rings. The van der Waals surface area contributed by atoms with E-state index in [4.69, 9.17) is 11.6 Å². The van der Waals surface area contributed by atoms with Crippen molar-refractivity contribution in [1.82, 2.24) is 30.4 Å². The molecule has 2 aromatic heterocycles. The summed E-state index contributed by atoms with van der Waals surface area (Å²) < 4.78 is 31.6. The van der Waals surface area contributed by atoms with Crippen molar-refractivity contribution in [1.29, 1.82) is 0 Å². The van der Waals surface area contributed by atoms with Crippen molar-refractivity contribution in [2.45, 2.75) is 18.1 Å². The van der Waals surface area contributed by atoms with Gasteiger partial charge in [-0.15, -0.1) is 0 Å². The number of carbonyl (C=O) groups is 1. The Hall–Kier alpha value is -3.63. The Morgan fingerprint density at radius 1 is 1.26 bits per heavy atom. The van der Waals surface area contributed by atoms with Gasteiger partial charge in [-0.3, -0.25) is 9.48 Å². The maximum Gasteiger partial charge on any atom is 0.251 e. The summed E-state index contributed by atoms with van der Waals surface area (Å²) >= 11 is 5.81. The van der Waals surface area contributed by atoms with Crippen LogP contribution >= 0.6 is 11.6 Å². The number of aryl methyl sites for hydroxylation is 1. The zero-order valence-corrected chi connectivity index (χ0v) is 19.5. The van der Waals surface area contributed by atoms with Crippen molar-refractivity contribution in [2.75, 3.05) is 18.4 Å². The molecule has 3 heterocycles. The number of carbonyl (C=O) groups excluding carboxylic acids is 1. The first kappa shape index (κ1) is 23.1. The van der Waals surface area contributed by atoms with Gasteiger partial charge in [-0.2, -0.15) is 5.10 Å². The monoisotopic (exact) mass is 497 g/mol. The summed E-state index contributed by atoms with van der Waals surface area (Å²) in [4.78, 5) is 22.0. The number of halogens is 3. The molecule has 11 heteroatoms. The maximum absolute atomic E-state index is 15.8. The molecule has 2 atom stereocenters. The van der Waals surface area contributed by atoms with Gasteiger partial charge in [-0.05, 0) is 42.8 Å². The van der Waals surface area contributed by atoms with Crippen LogP contribution in [0.15, 0.2) is 54.9 Å². The molecule has 8 nitrogen and oxygen atoms in total. The first-order chi connectivity index (χ1) is 16.8. The number of anilines is 2. The molecule has 1 aliphatic rings. The quantitative estimate of drug-likeness (QED) is 0.371. The highest BCUT2D eigenvalue weighted by Crippen LogP contribution is 2.36. The standard InChI is InChI=1S/C24H22ClF2N7O/c1-34-20(6-8-30-34)32-23-29-12-16-3-2-15(11-19(16)31-23)22(35)33-21(24(27)7-9-28-13-24)14-4-5-17(25)18(26)10-14/h2-6,8,10-12,21,28H,7,9,13H2,1H3,(H,33,35)(H,29,31,32). The summed E-state index contributed by atoms with van der Waals surface area (Å²) in [5.41, 5.74) is -0.660. The van der Waals surface area contributed by atoms with Crippen molar-refractivity contribution in [2.24, 2.45) is 7.05 Å². The van der Waals surface area contributed by atoms with Gasteiger partial charge in [0.2, 0.25) is 5.95 Å². The number of nitrogens with one attached hydrogen (secondary N) is 3. The molecular weight excluding hydrogens is 476 g/mol. The van der Waals surface area contributed by atoms with E-state index >= 15 is 4.39 Å². The van der Waals surface area contributed by atoms with E-state index in [9.17, 15) is 9.18 Å². The second kappa shape index (κ2) is 9.20. The van der Waals surface area contributed by atoms with Crippen molar-refractivity contribution >= 4 is 40.2 Å². The van der Waals surface area contributed by atoms with E-state index in [0.717, 1.165) is 11.5 Å². The van der Waals surface area contributed by atoms with Gasteiger partial charge in [0.1, 0.15) is 17.3 Å². The lowest BCUT2D eigenvalue weighted by Gasteiger charge is -2.31. The van der Waals surface area contributed by atoms with Crippen molar-refractivity contribution in [3.63, 3.8) is 0 Å². The van der Waals surface area contributed by atoms with Crippen LogP contribution in [-0.4, -0.2) is 44.4 Å². The second-order valence-corrected chi connectivity index (χ2v) is 8.88. The van der Waals surface area contributed by atoms with E-state index in [-0.39, 0.29) is 23.6 Å². The second-order valence-electron chi connectivity index (χ2n) is 8.47. The van der Waals surface area contributed by atoms with Crippen LogP contribution in [0.4, 0.5) is 20.5 Å². The third kappa shape index (κ3) is 4.67. The van der Waals surface area contributed by atoms with Crippen LogP contribution in [0.5, 0.6) is 0 Å². The molecule has 35 heavy (non-hydrogen) atoms. The minimum atomic E-state index is -1.78. The van der Waals surface area contributed by atoms with Gasteiger partial charge < -0.3 is 16.0 Å². The predicted octanol–water partition coefficient (Wildman–Crippen LogP) is 4.07. The number of fused-ring (bicyclic) bond motifs is 1. The molecule has 3 N–H and O–H groups in total. The summed E-state index contributed by atoms with van der Waals surface area (Å²) in [5.74, 6) is -0.132. The molecule has 1 saturated heterocycles. The molecule has 5 rings (SSSR count). The third-order valence-electron chi connectivity index (χ3n) is 6.11. The minimum Gasteiger partial charge on any atom is -0.342 e. The number of alkyl halides is 1. The lowest BCUT2D eigenvalue weighted by molar-refractivity contribution is 0.0812. The van der Waals surface area contributed by atoms with Gasteiger partial charge in [0.05, 0.1) is 22.8 Å². The van der Waals surface area contributed by atoms with Gasteiger partial charge in [0.15, 0.2) is 0 Å². The molecule has 0 radical (unpaired) electrons. The van der Waals surface area contributed by atoms with Crippen molar-refractivity contribution < 1.29 is 13.6 Å². The molecule has 0 spiro atoms. The van der Waals surface area contributed by atoms with Crippen LogP contribution in [0.1, 0.15) is 28.4 Å². The van der Waals surface area contributed by atoms with E-state index < -0.39 is 23.4 Å². The number of amides is 1. The number of nitrogens with zero attached hydrogens (tertiary/aromatic N) is 4. The molecule has 0 bridgehead atoms. The van der Waals surface area contributed by atoms with Crippen molar-refractivity contribution in [3.05, 3.63) is 76.8 Å². The topological polar surface area (TPSA) is 96.8 Å². The van der Waals surface area contributed by atoms with Gasteiger partial charge in [-0.25, -0.2) is 18.7 Å². The highest BCUT2D eigenvalue weighted by Gasteiger charge is 2.44. The maximum atomic E-state index is 15.8. The molecule has 180 valence electrons. The molecule has 2 aromatic carbocycles. The predicted molar refractivity (Wildman–Crippen MR) is 129 cm³/mol. The SMILES string of the molecule is Cn1nccc1Nc1ncc2ccc(C(=O)NC(c3ccc(Cl)c(F)c3)C3(F)CCNC3)cc2n1. The Morgan fingerprint density at radius 2 is 2.11 bits per heavy atom. The normalized spacial score (nSPS) is 18.5. The van der Waals surface area contributed by atoms with E-state index in [2.05, 4.69) is 31.0 Å². The zero-order chi connectivity index (χ0) is 24.6. The van der Waals surface area contributed by atoms with E-state index in [1.165, 1.54) is 12.1 Å². The third-order valence-corrected chi connectivity index (χ3v) is 6.42. The number of aromatic nitrogens is 4. The fourth-order valence-electron chi connectivity index (χ4n) is 4.18. The fourth-order valence-corrected chi connectivity index (χ4v) is 4.30. The van der Waals surface area contributed by atoms with E-state index in [1.807, 2.05) is 0 Å². The Labute approximate surface area is 204 Å². The van der Waals surface area contributed by atoms with Crippen LogP contribution < -0.4 is 16.0 Å². The average molecular weight is 498 g/mol. The molecule has 0 saturated carbocycles. The average Bonchev–Trinajstić information content (AvgIpc) is 3.47. The number of hydrogen-bond donors (Lipinski definition) is 3. The summed E-state index contributed by atoms with van der Waals surface area (Å²) in [6.45, 7) is 0.494. The Kier molecular flexibility index (Phi) is 6.08. The Morgan fingerprint density at radius 3 is 2.83 bits per heavy atom. The van der Waals surface area contributed by atoms with Crippen LogP contribution in [0, 0.1) is 5.82 Å². The van der Waals surface area contributed by atoms with Crippen LogP contribution in [-0.2, 0) is 7.05 Å². The highest BCUT2D eigenvalue weighted by molar-refractivity contribution is 6.30. The molecule has 1 aliphatic heterocycles. The van der Waals surface area contributed by atoms with E-state index in [0.29, 0.717) is 29.4 Å². The van der Waals surface area contributed by atoms with Crippen LogP contribution in [0.3, 0.4) is 0 Å². The number of benzene rings is 2. The molecule has 2 unspecified atom stereocenters. The lowest BCUT2D eigenvalue weighted by Crippen LogP contribution is -2.44. The van der Waals surface area contributed by atoms with Gasteiger partial charge in [0.25, 0.3) is 5.91 Å². The zero-order valence-electron chi connectivity index (χ0n) is 18.7. The van der Waals surface area contributed by atoms with Gasteiger partial charge in [-0.1, -0.05) is 23.7 Å². The van der Waals surface area contributed by atoms with Crippen LogP contribution in [0.25, 0.3) is 10.9 Å². The summed E-state index contributed by atoms with van der Waals surface area (Å²) in [5, 5.41) is 13.6. The molecule has 1 amide bonds. The molecule has 1 fully saturated rings. The highest BCUT2D eigenvalue weighted by atomic mass is 35.5. The Bertz CT molecular complexity index is 1400. The number of rotatable bonds is 6. The lowest BCUT2D eigenvalue weighted by atomic mass is 9.89. The summed E-state index contributed by atoms with van der Waals surface area (Å²) in [7, 11) is 1.78. The smallest absolute Gasteiger partial charge is 0.251 e. The van der Waals surface area contributed by atoms with Gasteiger partial charge in [0, 0.05) is 36.8 Å². The summed E-state index contributed by atoms with van der Waals surface area (Å²) in [6, 6.07) is 9.71. The van der Waals surface area contributed by atoms with Crippen molar-refractivity contribution in [3.8, 4) is 0 Å². The Balaban J connectivity index is 1.44. The van der Waals surface area contributed by atoms with Gasteiger partial charge >= 0.3 is 0 Å². The first-order valence-corrected chi connectivity index (χ1v) is 11.4. The van der Waals surface area contributed by atoms with E-state index in [1.54, 1.807) is 48.4 Å². The number of hydrogen-bond acceptors (Lipinski definition) is 6. The fraction of sp³-hybridized carbons (Fsp3) is 0.250.